The molecule has 1 N–H and O–H groups in total. The first-order valence-corrected chi connectivity index (χ1v) is 7.95. The van der Waals surface area contributed by atoms with Crippen LogP contribution in [0.3, 0.4) is 0 Å². The van der Waals surface area contributed by atoms with Crippen molar-refractivity contribution in [1.29, 1.82) is 0 Å². The third-order valence-electron chi connectivity index (χ3n) is 4.17. The van der Waals surface area contributed by atoms with E-state index in [2.05, 4.69) is 5.32 Å². The van der Waals surface area contributed by atoms with Crippen LogP contribution in [0.2, 0.25) is 0 Å². The Kier molecular flexibility index (Phi) is 4.73. The molecule has 1 atom stereocenters. The molecule has 1 aliphatic heterocycles. The molecule has 2 aliphatic rings. The van der Waals surface area contributed by atoms with E-state index in [1.807, 2.05) is 30.3 Å². The topological polar surface area (TPSA) is 58.6 Å². The number of benzene rings is 1. The van der Waals surface area contributed by atoms with Crippen LogP contribution in [0.1, 0.15) is 18.4 Å². The van der Waals surface area contributed by atoms with Crippen molar-refractivity contribution in [3.05, 3.63) is 35.9 Å². The molecule has 1 aromatic carbocycles. The zero-order valence-electron chi connectivity index (χ0n) is 12.7. The Hall–Kier alpha value is -1.88. The summed E-state index contributed by atoms with van der Waals surface area (Å²) in [6, 6.07) is 9.35. The number of carbonyl (C=O) groups is 2. The van der Waals surface area contributed by atoms with Crippen LogP contribution in [-0.4, -0.2) is 49.1 Å². The minimum Gasteiger partial charge on any atom is -0.378 e. The summed E-state index contributed by atoms with van der Waals surface area (Å²) in [5, 5.41) is 2.95. The van der Waals surface area contributed by atoms with Crippen molar-refractivity contribution in [2.24, 2.45) is 5.92 Å². The molecule has 5 heteroatoms. The van der Waals surface area contributed by atoms with Gasteiger partial charge >= 0.3 is 0 Å². The van der Waals surface area contributed by atoms with Crippen LogP contribution in [0.25, 0.3) is 0 Å². The van der Waals surface area contributed by atoms with Gasteiger partial charge in [0.05, 0.1) is 13.2 Å². The fourth-order valence-electron chi connectivity index (χ4n) is 2.69. The SMILES string of the molecule is O=C(N[C@H](Cc1ccccc1)C(=O)N1CCOCC1)C1CC1. The number of hydrogen-bond acceptors (Lipinski definition) is 3. The van der Waals surface area contributed by atoms with Crippen molar-refractivity contribution in [3.63, 3.8) is 0 Å². The lowest BCUT2D eigenvalue weighted by atomic mass is 10.0. The third-order valence-corrected chi connectivity index (χ3v) is 4.17. The molecule has 5 nitrogen and oxygen atoms in total. The molecular weight excluding hydrogens is 280 g/mol. The summed E-state index contributed by atoms with van der Waals surface area (Å²) < 4.78 is 5.30. The summed E-state index contributed by atoms with van der Waals surface area (Å²) in [5.74, 6) is 0.124. The molecule has 0 radical (unpaired) electrons. The summed E-state index contributed by atoms with van der Waals surface area (Å²) in [4.78, 5) is 26.6. The van der Waals surface area contributed by atoms with Crippen molar-refractivity contribution >= 4 is 11.8 Å². The predicted molar refractivity (Wildman–Crippen MR) is 82.2 cm³/mol. The summed E-state index contributed by atoms with van der Waals surface area (Å²) in [6.45, 7) is 2.34. The minimum atomic E-state index is -0.478. The molecule has 1 aliphatic carbocycles. The predicted octanol–water partition coefficient (Wildman–Crippen LogP) is 0.983. The van der Waals surface area contributed by atoms with Gasteiger partial charge in [-0.2, -0.15) is 0 Å². The molecule has 1 saturated carbocycles. The second-order valence-corrected chi connectivity index (χ2v) is 5.96. The van der Waals surface area contributed by atoms with Crippen LogP contribution in [0, 0.1) is 5.92 Å². The van der Waals surface area contributed by atoms with Gasteiger partial charge < -0.3 is 15.0 Å². The van der Waals surface area contributed by atoms with Gasteiger partial charge in [0.2, 0.25) is 11.8 Å². The minimum absolute atomic E-state index is 0.00107. The number of nitrogens with one attached hydrogen (secondary N) is 1. The van der Waals surface area contributed by atoms with Gasteiger partial charge in [0.15, 0.2) is 0 Å². The van der Waals surface area contributed by atoms with Gasteiger partial charge in [0.25, 0.3) is 0 Å². The van der Waals surface area contributed by atoms with E-state index < -0.39 is 6.04 Å². The number of rotatable bonds is 5. The smallest absolute Gasteiger partial charge is 0.245 e. The highest BCUT2D eigenvalue weighted by molar-refractivity contribution is 5.89. The number of carbonyl (C=O) groups excluding carboxylic acids is 2. The second kappa shape index (κ2) is 6.92. The highest BCUT2D eigenvalue weighted by Gasteiger charge is 2.34. The maximum absolute atomic E-state index is 12.7. The van der Waals surface area contributed by atoms with Gasteiger partial charge in [-0.25, -0.2) is 0 Å². The molecule has 3 rings (SSSR count). The van der Waals surface area contributed by atoms with Gasteiger partial charge in [0, 0.05) is 25.4 Å². The molecule has 2 amide bonds. The van der Waals surface area contributed by atoms with Crippen LogP contribution in [0.4, 0.5) is 0 Å². The number of nitrogens with zero attached hydrogens (tertiary/aromatic N) is 1. The molecule has 0 bridgehead atoms. The van der Waals surface area contributed by atoms with Crippen molar-refractivity contribution in [1.82, 2.24) is 10.2 Å². The molecular formula is C17H22N2O3. The quantitative estimate of drug-likeness (QED) is 0.882. The largest absolute Gasteiger partial charge is 0.378 e. The zero-order valence-corrected chi connectivity index (χ0v) is 12.7. The number of ether oxygens (including phenoxy) is 1. The highest BCUT2D eigenvalue weighted by atomic mass is 16.5. The zero-order chi connectivity index (χ0) is 15.4. The monoisotopic (exact) mass is 302 g/mol. The Bertz CT molecular complexity index is 522. The van der Waals surface area contributed by atoms with Gasteiger partial charge in [-0.05, 0) is 18.4 Å². The van der Waals surface area contributed by atoms with Crippen molar-refractivity contribution < 1.29 is 14.3 Å². The maximum Gasteiger partial charge on any atom is 0.245 e. The van der Waals surface area contributed by atoms with E-state index in [-0.39, 0.29) is 17.7 Å². The van der Waals surface area contributed by atoms with E-state index in [0.29, 0.717) is 32.7 Å². The Balaban J connectivity index is 1.69. The van der Waals surface area contributed by atoms with Gasteiger partial charge in [-0.15, -0.1) is 0 Å². The molecule has 1 heterocycles. The van der Waals surface area contributed by atoms with Crippen LogP contribution in [0.15, 0.2) is 30.3 Å². The van der Waals surface area contributed by atoms with Crippen LogP contribution in [-0.2, 0) is 20.7 Å². The van der Waals surface area contributed by atoms with Crippen LogP contribution < -0.4 is 5.32 Å². The lowest BCUT2D eigenvalue weighted by Gasteiger charge is -2.31. The first-order valence-electron chi connectivity index (χ1n) is 7.95. The van der Waals surface area contributed by atoms with Crippen molar-refractivity contribution in [3.8, 4) is 0 Å². The third kappa shape index (κ3) is 3.85. The van der Waals surface area contributed by atoms with Gasteiger partial charge in [-0.3, -0.25) is 9.59 Å². The molecule has 0 spiro atoms. The maximum atomic E-state index is 12.7. The summed E-state index contributed by atoms with van der Waals surface area (Å²) in [5.41, 5.74) is 1.06. The Morgan fingerprint density at radius 2 is 1.86 bits per heavy atom. The van der Waals surface area contributed by atoms with E-state index >= 15 is 0 Å². The van der Waals surface area contributed by atoms with Crippen LogP contribution in [0.5, 0.6) is 0 Å². The number of amides is 2. The molecule has 0 unspecified atom stereocenters. The lowest BCUT2D eigenvalue weighted by molar-refractivity contribution is -0.140. The van der Waals surface area contributed by atoms with Crippen LogP contribution >= 0.6 is 0 Å². The first-order chi connectivity index (χ1) is 10.7. The van der Waals surface area contributed by atoms with E-state index in [4.69, 9.17) is 4.74 Å². The van der Waals surface area contributed by atoms with E-state index in [9.17, 15) is 9.59 Å². The fraction of sp³-hybridized carbons (Fsp3) is 0.529. The number of morpholine rings is 1. The standard InChI is InChI=1S/C17H22N2O3/c20-16(14-6-7-14)18-15(12-13-4-2-1-3-5-13)17(21)19-8-10-22-11-9-19/h1-5,14-15H,6-12H2,(H,18,20)/t15-/m1/s1. The van der Waals surface area contributed by atoms with Gasteiger partial charge in [-0.1, -0.05) is 30.3 Å². The normalized spacial score (nSPS) is 19.5. The van der Waals surface area contributed by atoms with Crippen molar-refractivity contribution in [2.75, 3.05) is 26.3 Å². The molecule has 22 heavy (non-hydrogen) atoms. The van der Waals surface area contributed by atoms with E-state index in [1.54, 1.807) is 4.90 Å². The average molecular weight is 302 g/mol. The summed E-state index contributed by atoms with van der Waals surface area (Å²) in [7, 11) is 0. The number of hydrogen-bond donors (Lipinski definition) is 1. The Labute approximate surface area is 130 Å². The second-order valence-electron chi connectivity index (χ2n) is 5.96. The molecule has 118 valence electrons. The molecule has 2 fully saturated rings. The lowest BCUT2D eigenvalue weighted by Crippen LogP contribution is -2.52. The molecule has 1 saturated heterocycles. The summed E-state index contributed by atoms with van der Waals surface area (Å²) >= 11 is 0. The first kappa shape index (κ1) is 15.0. The average Bonchev–Trinajstić information content (AvgIpc) is 3.40. The van der Waals surface area contributed by atoms with Gasteiger partial charge in [0.1, 0.15) is 6.04 Å². The highest BCUT2D eigenvalue weighted by Crippen LogP contribution is 2.29. The van der Waals surface area contributed by atoms with Crippen molar-refractivity contribution in [2.45, 2.75) is 25.3 Å². The molecule has 0 aromatic heterocycles. The van der Waals surface area contributed by atoms with E-state index in [0.717, 1.165) is 18.4 Å². The summed E-state index contributed by atoms with van der Waals surface area (Å²) in [6.07, 6.45) is 2.42. The fourth-order valence-corrected chi connectivity index (χ4v) is 2.69. The van der Waals surface area contributed by atoms with E-state index in [1.165, 1.54) is 0 Å². The Morgan fingerprint density at radius 3 is 2.50 bits per heavy atom. The molecule has 1 aromatic rings. The Morgan fingerprint density at radius 1 is 1.18 bits per heavy atom.